The zero-order valence-corrected chi connectivity index (χ0v) is 9.77. The largest absolute Gasteiger partial charge is 0.508 e. The summed E-state index contributed by atoms with van der Waals surface area (Å²) in [6, 6.07) is 0. The molecule has 6 heteroatoms. The number of hydrogen-bond acceptors (Lipinski definition) is 6. The molecule has 0 N–H and O–H groups in total. The van der Waals surface area contributed by atoms with E-state index >= 15 is 0 Å². The van der Waals surface area contributed by atoms with Gasteiger partial charge in [0.1, 0.15) is 26.4 Å². The molecule has 0 aromatic rings. The molecule has 0 aliphatic carbocycles. The van der Waals surface area contributed by atoms with Crippen LogP contribution in [0.15, 0.2) is 25.0 Å². The molecule has 0 unspecified atom stereocenters. The maximum absolute atomic E-state index is 10.9. The second kappa shape index (κ2) is 9.26. The molecule has 0 aromatic carbocycles. The fourth-order valence-corrected chi connectivity index (χ4v) is 0.681. The molecule has 0 spiro atoms. The zero-order chi connectivity index (χ0) is 13.1. The summed E-state index contributed by atoms with van der Waals surface area (Å²) in [7, 11) is 0. The lowest BCUT2D eigenvalue weighted by atomic mass is 10.4. The highest BCUT2D eigenvalue weighted by Gasteiger charge is 2.05. The molecular formula is C11H16O6. The molecule has 0 radical (unpaired) electrons. The predicted octanol–water partition coefficient (Wildman–Crippen LogP) is 1.42. The van der Waals surface area contributed by atoms with Crippen molar-refractivity contribution in [3.63, 3.8) is 0 Å². The molecule has 96 valence electrons. The number of hydrogen-bond donors (Lipinski definition) is 0. The molecule has 0 fully saturated rings. The molecule has 0 atom stereocenters. The normalized spacial score (nSPS) is 9.00. The Morgan fingerprint density at radius 1 is 1.06 bits per heavy atom. The second-order valence-corrected chi connectivity index (χ2v) is 2.90. The van der Waals surface area contributed by atoms with Crippen LogP contribution in [0.5, 0.6) is 0 Å². The van der Waals surface area contributed by atoms with Crippen LogP contribution in [0.2, 0.25) is 0 Å². The van der Waals surface area contributed by atoms with Gasteiger partial charge in [-0.3, -0.25) is 0 Å². The Balaban J connectivity index is 3.42. The van der Waals surface area contributed by atoms with E-state index in [0.29, 0.717) is 0 Å². The summed E-state index contributed by atoms with van der Waals surface area (Å²) in [5.74, 6) is -0.527. The first kappa shape index (κ1) is 15.0. The Hall–Kier alpha value is -1.98. The van der Waals surface area contributed by atoms with Gasteiger partial charge in [-0.25, -0.2) is 9.59 Å². The van der Waals surface area contributed by atoms with E-state index in [1.165, 1.54) is 13.2 Å². The Morgan fingerprint density at radius 3 is 2.12 bits per heavy atom. The molecule has 17 heavy (non-hydrogen) atoms. The van der Waals surface area contributed by atoms with Crippen LogP contribution < -0.4 is 0 Å². The van der Waals surface area contributed by atoms with Crippen molar-refractivity contribution in [1.29, 1.82) is 0 Å². The summed E-state index contributed by atoms with van der Waals surface area (Å²) in [6.45, 7) is 8.41. The minimum absolute atomic E-state index is 0.0377. The number of carbonyl (C=O) groups excluding carboxylic acids is 2. The lowest BCUT2D eigenvalue weighted by Gasteiger charge is -2.06. The molecule has 0 bridgehead atoms. The summed E-state index contributed by atoms with van der Waals surface area (Å²) in [4.78, 5) is 21.8. The molecule has 0 rings (SSSR count). The van der Waals surface area contributed by atoms with Crippen LogP contribution in [0.25, 0.3) is 0 Å². The third kappa shape index (κ3) is 8.98. The van der Waals surface area contributed by atoms with E-state index in [2.05, 4.69) is 27.4 Å². The summed E-state index contributed by atoms with van der Waals surface area (Å²) >= 11 is 0. The van der Waals surface area contributed by atoms with Gasteiger partial charge in [-0.15, -0.1) is 0 Å². The van der Waals surface area contributed by atoms with Gasteiger partial charge in [-0.2, -0.15) is 0 Å². The maximum atomic E-state index is 10.9. The van der Waals surface area contributed by atoms with E-state index in [0.717, 1.165) is 0 Å². The average molecular weight is 244 g/mol. The number of ether oxygens (including phenoxy) is 4. The molecule has 0 saturated heterocycles. The van der Waals surface area contributed by atoms with Crippen LogP contribution >= 0.6 is 0 Å². The van der Waals surface area contributed by atoms with Crippen LogP contribution in [0.1, 0.15) is 6.92 Å². The quantitative estimate of drug-likeness (QED) is 0.278. The fourth-order valence-electron chi connectivity index (χ4n) is 0.681. The van der Waals surface area contributed by atoms with E-state index < -0.39 is 12.1 Å². The first-order valence-electron chi connectivity index (χ1n) is 4.92. The van der Waals surface area contributed by atoms with Crippen LogP contribution in [-0.4, -0.2) is 38.6 Å². The summed E-state index contributed by atoms with van der Waals surface area (Å²) in [5, 5.41) is 0. The van der Waals surface area contributed by atoms with Crippen molar-refractivity contribution in [3.05, 3.63) is 25.0 Å². The van der Waals surface area contributed by atoms with Gasteiger partial charge in [0.25, 0.3) is 0 Å². The molecule has 0 heterocycles. The Bertz CT molecular complexity index is 284. The highest BCUT2D eigenvalue weighted by atomic mass is 16.7. The molecule has 0 amide bonds. The van der Waals surface area contributed by atoms with Gasteiger partial charge in [0.2, 0.25) is 0 Å². The van der Waals surface area contributed by atoms with Crippen molar-refractivity contribution >= 4 is 12.1 Å². The molecule has 0 aliphatic heterocycles. The summed E-state index contributed by atoms with van der Waals surface area (Å²) in [5.41, 5.74) is 0.286. The summed E-state index contributed by atoms with van der Waals surface area (Å²) in [6.07, 6.45) is 0.398. The molecule has 0 saturated carbocycles. The minimum atomic E-state index is -0.843. The number of esters is 1. The van der Waals surface area contributed by atoms with E-state index in [9.17, 15) is 9.59 Å². The van der Waals surface area contributed by atoms with Crippen molar-refractivity contribution in [3.8, 4) is 0 Å². The summed E-state index contributed by atoms with van der Waals surface area (Å²) < 4.78 is 18.6. The molecular weight excluding hydrogens is 228 g/mol. The van der Waals surface area contributed by atoms with E-state index in [1.54, 1.807) is 0 Å². The maximum Gasteiger partial charge on any atom is 0.508 e. The van der Waals surface area contributed by atoms with Crippen molar-refractivity contribution < 1.29 is 28.5 Å². The standard InChI is InChI=1S/C11H16O6/c1-4-14-5-6-16-11(13)17-8-7-15-10(12)9(2)3/h4H,1-2,5-8H2,3H3. The van der Waals surface area contributed by atoms with Gasteiger partial charge < -0.3 is 18.9 Å². The molecule has 0 aliphatic rings. The Morgan fingerprint density at radius 2 is 1.59 bits per heavy atom. The lowest BCUT2D eigenvalue weighted by molar-refractivity contribution is -0.140. The number of carbonyl (C=O) groups is 2. The topological polar surface area (TPSA) is 71.1 Å². The first-order valence-corrected chi connectivity index (χ1v) is 4.92. The smallest absolute Gasteiger partial charge is 0.498 e. The third-order valence-corrected chi connectivity index (χ3v) is 1.42. The fraction of sp³-hybridized carbons (Fsp3) is 0.455. The van der Waals surface area contributed by atoms with Gasteiger partial charge in [-0.1, -0.05) is 13.2 Å². The van der Waals surface area contributed by atoms with Gasteiger partial charge >= 0.3 is 12.1 Å². The predicted molar refractivity (Wildman–Crippen MR) is 59.2 cm³/mol. The van der Waals surface area contributed by atoms with Gasteiger partial charge in [0.15, 0.2) is 0 Å². The van der Waals surface area contributed by atoms with Crippen LogP contribution in [0.3, 0.4) is 0 Å². The van der Waals surface area contributed by atoms with Gasteiger partial charge in [0, 0.05) is 5.57 Å². The van der Waals surface area contributed by atoms with Crippen molar-refractivity contribution in [2.75, 3.05) is 26.4 Å². The Labute approximate surface area is 99.8 Å². The lowest BCUT2D eigenvalue weighted by Crippen LogP contribution is -2.16. The van der Waals surface area contributed by atoms with E-state index in [4.69, 9.17) is 4.74 Å². The van der Waals surface area contributed by atoms with Crippen LogP contribution in [-0.2, 0) is 23.7 Å². The molecule has 6 nitrogen and oxygen atoms in total. The second-order valence-electron chi connectivity index (χ2n) is 2.90. The van der Waals surface area contributed by atoms with Crippen molar-refractivity contribution in [2.24, 2.45) is 0 Å². The van der Waals surface area contributed by atoms with E-state index in [1.807, 2.05) is 0 Å². The van der Waals surface area contributed by atoms with Crippen molar-refractivity contribution in [1.82, 2.24) is 0 Å². The van der Waals surface area contributed by atoms with Gasteiger partial charge in [-0.05, 0) is 6.92 Å². The van der Waals surface area contributed by atoms with Crippen LogP contribution in [0.4, 0.5) is 4.79 Å². The Kier molecular flexibility index (Phi) is 8.18. The number of rotatable bonds is 8. The highest BCUT2D eigenvalue weighted by molar-refractivity contribution is 5.86. The van der Waals surface area contributed by atoms with Crippen LogP contribution in [0, 0.1) is 0 Å². The zero-order valence-electron chi connectivity index (χ0n) is 9.77. The SMILES string of the molecule is C=COCCOC(=O)OCCOC(=O)C(=C)C. The monoisotopic (exact) mass is 244 g/mol. The minimum Gasteiger partial charge on any atom is -0.498 e. The first-order chi connectivity index (χ1) is 8.07. The van der Waals surface area contributed by atoms with Gasteiger partial charge in [0.05, 0.1) is 6.26 Å². The average Bonchev–Trinajstić information content (AvgIpc) is 2.29. The van der Waals surface area contributed by atoms with Crippen molar-refractivity contribution in [2.45, 2.75) is 6.92 Å². The van der Waals surface area contributed by atoms with E-state index in [-0.39, 0.29) is 32.0 Å². The molecule has 0 aromatic heterocycles. The highest BCUT2D eigenvalue weighted by Crippen LogP contribution is 1.92. The third-order valence-electron chi connectivity index (χ3n) is 1.42.